The fourth-order valence-electron chi connectivity index (χ4n) is 3.13. The third kappa shape index (κ3) is 4.80. The van der Waals surface area contributed by atoms with Crippen LogP contribution in [0.5, 0.6) is 0 Å². The Morgan fingerprint density at radius 2 is 1.88 bits per heavy atom. The van der Waals surface area contributed by atoms with Gasteiger partial charge in [0, 0.05) is 26.2 Å². The van der Waals surface area contributed by atoms with Crippen molar-refractivity contribution in [3.05, 3.63) is 34.9 Å². The van der Waals surface area contributed by atoms with E-state index >= 15 is 0 Å². The molecule has 0 aromatic heterocycles. The number of benzene rings is 1. The van der Waals surface area contributed by atoms with Crippen molar-refractivity contribution < 1.29 is 13.2 Å². The largest absolute Gasteiger partial charge is 0.341 e. The lowest BCUT2D eigenvalue weighted by Gasteiger charge is -2.22. The van der Waals surface area contributed by atoms with Gasteiger partial charge in [0.2, 0.25) is 15.9 Å². The quantitative estimate of drug-likeness (QED) is 0.816. The van der Waals surface area contributed by atoms with Crippen LogP contribution >= 0.6 is 0 Å². The third-order valence-electron chi connectivity index (χ3n) is 4.50. The van der Waals surface area contributed by atoms with Crippen molar-refractivity contribution in [2.75, 3.05) is 31.9 Å². The van der Waals surface area contributed by atoms with E-state index in [-0.39, 0.29) is 11.7 Å². The number of carbonyl (C=O) groups is 1. The fourth-order valence-corrected chi connectivity index (χ4v) is 4.67. The van der Waals surface area contributed by atoms with Crippen molar-refractivity contribution >= 4 is 15.9 Å². The number of amides is 1. The molecular formula is C18H28N2O3S. The van der Waals surface area contributed by atoms with E-state index in [1.165, 1.54) is 5.56 Å². The van der Waals surface area contributed by atoms with Gasteiger partial charge in [-0.2, -0.15) is 0 Å². The van der Waals surface area contributed by atoms with E-state index in [2.05, 4.69) is 6.07 Å². The molecule has 0 radical (unpaired) electrons. The summed E-state index contributed by atoms with van der Waals surface area (Å²) in [5.74, 6) is 0.264. The topological polar surface area (TPSA) is 57.7 Å². The monoisotopic (exact) mass is 352 g/mol. The van der Waals surface area contributed by atoms with E-state index in [0.29, 0.717) is 45.4 Å². The van der Waals surface area contributed by atoms with Crippen LogP contribution in [0.1, 0.15) is 36.5 Å². The number of hydrogen-bond acceptors (Lipinski definition) is 3. The second-order valence-electron chi connectivity index (χ2n) is 6.56. The third-order valence-corrected chi connectivity index (χ3v) is 6.58. The van der Waals surface area contributed by atoms with Crippen molar-refractivity contribution in [2.24, 2.45) is 0 Å². The number of hydrogen-bond donors (Lipinski definition) is 0. The highest BCUT2D eigenvalue weighted by atomic mass is 32.2. The minimum absolute atomic E-state index is 0.0803. The Balaban J connectivity index is 1.99. The van der Waals surface area contributed by atoms with Crippen molar-refractivity contribution in [3.8, 4) is 0 Å². The molecule has 1 amide bonds. The van der Waals surface area contributed by atoms with Gasteiger partial charge in [-0.25, -0.2) is 12.7 Å². The second kappa shape index (κ2) is 8.12. The summed E-state index contributed by atoms with van der Waals surface area (Å²) in [6.07, 6.45) is 1.70. The first-order chi connectivity index (χ1) is 11.3. The lowest BCUT2D eigenvalue weighted by atomic mass is 10.0. The SMILES string of the molecule is CCCS(=O)(=O)N1CCCN(C(=O)Cc2ccc(C)cc2C)CC1. The van der Waals surface area contributed by atoms with Crippen LogP contribution in [-0.4, -0.2) is 55.5 Å². The molecule has 0 N–H and O–H groups in total. The molecule has 0 aliphatic carbocycles. The minimum Gasteiger partial charge on any atom is -0.341 e. The number of carbonyl (C=O) groups excluding carboxylic acids is 1. The standard InChI is InChI=1S/C18H28N2O3S/c1-4-12-24(22,23)20-9-5-8-19(10-11-20)18(21)14-17-7-6-15(2)13-16(17)3/h6-7,13H,4-5,8-12,14H2,1-3H3. The van der Waals surface area contributed by atoms with Gasteiger partial charge in [-0.1, -0.05) is 30.7 Å². The Bertz CT molecular complexity index is 686. The molecule has 1 heterocycles. The number of sulfonamides is 1. The van der Waals surface area contributed by atoms with E-state index in [9.17, 15) is 13.2 Å². The van der Waals surface area contributed by atoms with Gasteiger partial charge in [-0.3, -0.25) is 4.79 Å². The van der Waals surface area contributed by atoms with E-state index in [0.717, 1.165) is 11.1 Å². The Morgan fingerprint density at radius 1 is 1.12 bits per heavy atom. The average molecular weight is 353 g/mol. The Morgan fingerprint density at radius 3 is 2.54 bits per heavy atom. The Labute approximate surface area is 145 Å². The van der Waals surface area contributed by atoms with Crippen LogP contribution in [0.2, 0.25) is 0 Å². The summed E-state index contributed by atoms with van der Waals surface area (Å²) in [7, 11) is -3.18. The van der Waals surface area contributed by atoms with Crippen LogP contribution in [-0.2, 0) is 21.2 Å². The van der Waals surface area contributed by atoms with Crippen LogP contribution in [0.3, 0.4) is 0 Å². The molecule has 1 aliphatic rings. The summed E-state index contributed by atoms with van der Waals surface area (Å²) >= 11 is 0. The summed E-state index contributed by atoms with van der Waals surface area (Å²) in [6, 6.07) is 6.12. The predicted molar refractivity (Wildman–Crippen MR) is 96.5 cm³/mol. The maximum absolute atomic E-state index is 12.6. The second-order valence-corrected chi connectivity index (χ2v) is 8.64. The molecule has 1 aromatic carbocycles. The lowest BCUT2D eigenvalue weighted by molar-refractivity contribution is -0.130. The zero-order chi connectivity index (χ0) is 17.7. The van der Waals surface area contributed by atoms with Crippen LogP contribution in [0.25, 0.3) is 0 Å². The molecule has 1 aromatic rings. The van der Waals surface area contributed by atoms with E-state index in [1.54, 1.807) is 9.21 Å². The number of rotatable bonds is 5. The van der Waals surface area contributed by atoms with Gasteiger partial charge in [-0.15, -0.1) is 0 Å². The van der Waals surface area contributed by atoms with Gasteiger partial charge in [0.1, 0.15) is 0 Å². The molecule has 24 heavy (non-hydrogen) atoms. The zero-order valence-corrected chi connectivity index (χ0v) is 15.7. The van der Waals surface area contributed by atoms with Crippen LogP contribution in [0.4, 0.5) is 0 Å². The van der Waals surface area contributed by atoms with Gasteiger partial charge in [0.25, 0.3) is 0 Å². The number of aryl methyl sites for hydroxylation is 2. The molecule has 1 saturated heterocycles. The highest BCUT2D eigenvalue weighted by molar-refractivity contribution is 7.89. The van der Waals surface area contributed by atoms with E-state index in [1.807, 2.05) is 32.9 Å². The molecule has 0 unspecified atom stereocenters. The molecule has 1 fully saturated rings. The minimum atomic E-state index is -3.18. The summed E-state index contributed by atoms with van der Waals surface area (Å²) in [5, 5.41) is 0. The summed E-state index contributed by atoms with van der Waals surface area (Å²) in [4.78, 5) is 14.4. The highest BCUT2D eigenvalue weighted by Gasteiger charge is 2.26. The molecule has 0 bridgehead atoms. The van der Waals surface area contributed by atoms with Gasteiger partial charge in [0.15, 0.2) is 0 Å². The molecule has 6 heteroatoms. The van der Waals surface area contributed by atoms with Crippen molar-refractivity contribution in [1.29, 1.82) is 0 Å². The summed E-state index contributed by atoms with van der Waals surface area (Å²) < 4.78 is 26.0. The number of nitrogens with zero attached hydrogens (tertiary/aromatic N) is 2. The van der Waals surface area contributed by atoms with Crippen LogP contribution < -0.4 is 0 Å². The van der Waals surface area contributed by atoms with E-state index in [4.69, 9.17) is 0 Å². The van der Waals surface area contributed by atoms with Gasteiger partial charge in [-0.05, 0) is 37.8 Å². The first-order valence-corrected chi connectivity index (χ1v) is 10.3. The fraction of sp³-hybridized carbons (Fsp3) is 0.611. The molecule has 1 aliphatic heterocycles. The van der Waals surface area contributed by atoms with Crippen molar-refractivity contribution in [3.63, 3.8) is 0 Å². The smallest absolute Gasteiger partial charge is 0.227 e. The summed E-state index contributed by atoms with van der Waals surface area (Å²) in [6.45, 7) is 7.95. The molecule has 0 spiro atoms. The first kappa shape index (κ1) is 18.9. The van der Waals surface area contributed by atoms with Crippen LogP contribution in [0.15, 0.2) is 18.2 Å². The van der Waals surface area contributed by atoms with Gasteiger partial charge in [0.05, 0.1) is 12.2 Å². The lowest BCUT2D eigenvalue weighted by Crippen LogP contribution is -2.38. The normalized spacial score (nSPS) is 16.9. The molecule has 2 rings (SSSR count). The maximum atomic E-state index is 12.6. The molecule has 5 nitrogen and oxygen atoms in total. The maximum Gasteiger partial charge on any atom is 0.227 e. The van der Waals surface area contributed by atoms with Crippen LogP contribution in [0, 0.1) is 13.8 Å². The highest BCUT2D eigenvalue weighted by Crippen LogP contribution is 2.14. The Hall–Kier alpha value is -1.40. The molecule has 0 atom stereocenters. The zero-order valence-electron chi connectivity index (χ0n) is 14.9. The Kier molecular flexibility index (Phi) is 6.40. The first-order valence-electron chi connectivity index (χ1n) is 8.65. The van der Waals surface area contributed by atoms with E-state index < -0.39 is 10.0 Å². The molecule has 134 valence electrons. The molecule has 0 saturated carbocycles. The average Bonchev–Trinajstić information content (AvgIpc) is 2.76. The van der Waals surface area contributed by atoms with Gasteiger partial charge < -0.3 is 4.90 Å². The van der Waals surface area contributed by atoms with Gasteiger partial charge >= 0.3 is 0 Å². The van der Waals surface area contributed by atoms with Crippen molar-refractivity contribution in [2.45, 2.75) is 40.0 Å². The summed E-state index contributed by atoms with van der Waals surface area (Å²) in [5.41, 5.74) is 3.37. The van der Waals surface area contributed by atoms with Crippen molar-refractivity contribution in [1.82, 2.24) is 9.21 Å². The molecular weight excluding hydrogens is 324 g/mol. The predicted octanol–water partition coefficient (Wildman–Crippen LogP) is 2.12.